The van der Waals surface area contributed by atoms with Crippen LogP contribution in [-0.2, 0) is 0 Å². The van der Waals surface area contributed by atoms with E-state index in [4.69, 9.17) is 0 Å². The zero-order valence-corrected chi connectivity index (χ0v) is 22.2. The van der Waals surface area contributed by atoms with Crippen molar-refractivity contribution in [2.24, 2.45) is 0 Å². The molecular weight excluding hydrogens is 424 g/mol. The molecule has 0 aliphatic carbocycles. The Morgan fingerprint density at radius 3 is 1.24 bits per heavy atom. The van der Waals surface area contributed by atoms with Crippen LogP contribution in [0.3, 0.4) is 0 Å². The van der Waals surface area contributed by atoms with Gasteiger partial charge in [-0.15, -0.1) is 5.54 Å². The summed E-state index contributed by atoms with van der Waals surface area (Å²) in [5.74, 6) is 3.86. The van der Waals surface area contributed by atoms with Crippen LogP contribution in [0.1, 0.15) is 47.1 Å². The highest BCUT2D eigenvalue weighted by molar-refractivity contribution is 6.90. The van der Waals surface area contributed by atoms with Crippen LogP contribution in [0.2, 0.25) is 16.6 Å². The molecule has 0 aromatic heterocycles. The van der Waals surface area contributed by atoms with Gasteiger partial charge >= 0.3 is 0 Å². The van der Waals surface area contributed by atoms with Crippen LogP contribution < -0.4 is 0 Å². The molecule has 0 heterocycles. The monoisotopic (exact) mass is 458 g/mol. The first kappa shape index (κ1) is 22.7. The van der Waals surface area contributed by atoms with E-state index < -0.39 is 8.07 Å². The van der Waals surface area contributed by atoms with E-state index >= 15 is 0 Å². The molecule has 0 saturated heterocycles. The molecule has 5 aromatic carbocycles. The van der Waals surface area contributed by atoms with Crippen molar-refractivity contribution in [2.75, 3.05) is 0 Å². The maximum Gasteiger partial charge on any atom is 0.146 e. The molecule has 0 saturated carbocycles. The van der Waals surface area contributed by atoms with Gasteiger partial charge < -0.3 is 0 Å². The third kappa shape index (κ3) is 3.62. The van der Waals surface area contributed by atoms with Crippen LogP contribution in [0.4, 0.5) is 0 Å². The Balaban J connectivity index is 1.91. The molecule has 0 aliphatic heterocycles. The topological polar surface area (TPSA) is 0 Å². The van der Waals surface area contributed by atoms with Gasteiger partial charge in [0.2, 0.25) is 0 Å². The normalized spacial score (nSPS) is 12.4. The number of rotatable bonds is 3. The average Bonchev–Trinajstić information content (AvgIpc) is 2.80. The van der Waals surface area contributed by atoms with E-state index in [1.54, 1.807) is 0 Å². The maximum atomic E-state index is 4.02. The van der Waals surface area contributed by atoms with Gasteiger partial charge in [0, 0.05) is 5.56 Å². The Labute approximate surface area is 205 Å². The fourth-order valence-corrected chi connectivity index (χ4v) is 11.4. The highest BCUT2D eigenvalue weighted by Gasteiger charge is 2.41. The summed E-state index contributed by atoms with van der Waals surface area (Å²) in [5.41, 5.74) is 7.06. The van der Waals surface area contributed by atoms with Gasteiger partial charge in [-0.1, -0.05) is 96.0 Å². The van der Waals surface area contributed by atoms with Crippen LogP contribution in [0, 0.1) is 11.5 Å². The van der Waals surface area contributed by atoms with Crippen LogP contribution in [0.15, 0.2) is 78.9 Å². The second-order valence-corrected chi connectivity index (χ2v) is 16.3. The van der Waals surface area contributed by atoms with Crippen molar-refractivity contribution in [3.8, 4) is 11.5 Å². The summed E-state index contributed by atoms with van der Waals surface area (Å²) >= 11 is 0. The average molecular weight is 459 g/mol. The lowest BCUT2D eigenvalue weighted by Crippen LogP contribution is -2.43. The molecule has 170 valence electrons. The Hall–Kier alpha value is -3.08. The highest BCUT2D eigenvalue weighted by atomic mass is 28.3. The lowest BCUT2D eigenvalue weighted by Gasteiger charge is -2.38. The van der Waals surface area contributed by atoms with Gasteiger partial charge in [-0.25, -0.2) is 0 Å². The Bertz CT molecular complexity index is 1480. The Morgan fingerprint density at radius 1 is 0.500 bits per heavy atom. The summed E-state index contributed by atoms with van der Waals surface area (Å²) in [7, 11) is -1.85. The predicted octanol–water partition coefficient (Wildman–Crippen LogP) is 9.87. The molecular formula is C33H34Si. The van der Waals surface area contributed by atoms with Crippen molar-refractivity contribution in [1.82, 2.24) is 0 Å². The molecule has 0 amide bonds. The zero-order valence-electron chi connectivity index (χ0n) is 21.2. The van der Waals surface area contributed by atoms with E-state index in [-0.39, 0.29) is 0 Å². The molecule has 0 fully saturated rings. The van der Waals surface area contributed by atoms with Gasteiger partial charge in [0.05, 0.1) is 0 Å². The number of fused-ring (bicyclic) bond motifs is 4. The summed E-state index contributed by atoms with van der Waals surface area (Å²) in [5, 5.41) is 10.2. The minimum Gasteiger partial charge on any atom is -0.125 e. The van der Waals surface area contributed by atoms with Gasteiger partial charge in [0.15, 0.2) is 0 Å². The first-order chi connectivity index (χ1) is 16.3. The fraction of sp³-hybridized carbons (Fsp3) is 0.273. The van der Waals surface area contributed by atoms with Gasteiger partial charge in [-0.3, -0.25) is 0 Å². The predicted molar refractivity (Wildman–Crippen MR) is 154 cm³/mol. The molecule has 5 rings (SSSR count). The fourth-order valence-electron chi connectivity index (χ4n) is 6.24. The van der Waals surface area contributed by atoms with Crippen molar-refractivity contribution >= 4 is 51.2 Å². The van der Waals surface area contributed by atoms with Crippen LogP contribution in [0.25, 0.3) is 43.1 Å². The molecule has 0 N–H and O–H groups in total. The molecule has 0 radical (unpaired) electrons. The summed E-state index contributed by atoms with van der Waals surface area (Å²) in [6, 6.07) is 29.1. The van der Waals surface area contributed by atoms with Crippen LogP contribution >= 0.6 is 0 Å². The lowest BCUT2D eigenvalue weighted by molar-refractivity contribution is 0.838. The molecule has 0 aliphatic rings. The Morgan fingerprint density at radius 2 is 0.853 bits per heavy atom. The van der Waals surface area contributed by atoms with Gasteiger partial charge in [-0.05, 0) is 90.0 Å². The summed E-state index contributed by atoms with van der Waals surface area (Å²) in [6.07, 6.45) is 0. The first-order valence-electron chi connectivity index (χ1n) is 12.6. The van der Waals surface area contributed by atoms with Crippen LogP contribution in [0.5, 0.6) is 0 Å². The van der Waals surface area contributed by atoms with E-state index in [9.17, 15) is 0 Å². The highest BCUT2D eigenvalue weighted by Crippen LogP contribution is 2.41. The van der Waals surface area contributed by atoms with Gasteiger partial charge in [-0.2, -0.15) is 0 Å². The smallest absolute Gasteiger partial charge is 0.125 e. The van der Waals surface area contributed by atoms with E-state index in [1.807, 2.05) is 0 Å². The number of hydrogen-bond acceptors (Lipinski definition) is 0. The number of benzene rings is 5. The second-order valence-electron chi connectivity index (χ2n) is 10.7. The molecule has 1 heteroatoms. The third-order valence-corrected chi connectivity index (χ3v) is 14.2. The first-order valence-corrected chi connectivity index (χ1v) is 14.9. The van der Waals surface area contributed by atoms with E-state index in [1.165, 1.54) is 48.7 Å². The van der Waals surface area contributed by atoms with Crippen molar-refractivity contribution < 1.29 is 0 Å². The molecule has 5 aromatic rings. The molecule has 0 unspecified atom stereocenters. The molecule has 0 spiro atoms. The Kier molecular flexibility index (Phi) is 5.74. The van der Waals surface area contributed by atoms with Crippen molar-refractivity contribution in [2.45, 2.75) is 58.2 Å². The maximum absolute atomic E-state index is 4.02. The zero-order chi connectivity index (χ0) is 24.0. The van der Waals surface area contributed by atoms with Crippen molar-refractivity contribution in [3.63, 3.8) is 0 Å². The van der Waals surface area contributed by atoms with Crippen molar-refractivity contribution in [1.29, 1.82) is 0 Å². The minimum absolute atomic E-state index is 0.614. The molecule has 34 heavy (non-hydrogen) atoms. The van der Waals surface area contributed by atoms with Gasteiger partial charge in [0.25, 0.3) is 0 Å². The molecule has 0 bridgehead atoms. The number of hydrogen-bond donors (Lipinski definition) is 0. The summed E-state index contributed by atoms with van der Waals surface area (Å²) < 4.78 is 0. The van der Waals surface area contributed by atoms with E-state index in [0.29, 0.717) is 16.6 Å². The third-order valence-electron chi connectivity index (χ3n) is 7.96. The quantitative estimate of drug-likeness (QED) is 0.143. The summed E-state index contributed by atoms with van der Waals surface area (Å²) in [4.78, 5) is 0. The second kappa shape index (κ2) is 8.61. The molecule has 0 atom stereocenters. The minimum atomic E-state index is -1.85. The van der Waals surface area contributed by atoms with E-state index in [2.05, 4.69) is 132 Å². The van der Waals surface area contributed by atoms with Crippen LogP contribution in [-0.4, -0.2) is 8.07 Å². The largest absolute Gasteiger partial charge is 0.146 e. The van der Waals surface area contributed by atoms with Crippen molar-refractivity contribution in [3.05, 3.63) is 84.4 Å². The molecule has 0 nitrogen and oxygen atoms in total. The standard InChI is InChI=1S/C33H34Si/c1-22(2)34(23(3)4,24(5)6)16-15-31-32-20-27-13-9-7-11-25(27)17-29(32)19-30-18-26-12-8-10-14-28(26)21-33(30)31/h7-14,17-24H,1-6H3. The van der Waals surface area contributed by atoms with Gasteiger partial charge in [0.1, 0.15) is 8.07 Å². The lowest BCUT2D eigenvalue weighted by atomic mass is 9.93. The van der Waals surface area contributed by atoms with E-state index in [0.717, 1.165) is 0 Å². The summed E-state index contributed by atoms with van der Waals surface area (Å²) in [6.45, 7) is 14.4. The SMILES string of the molecule is CC(C)[Si](C#Cc1c2cc3ccccc3cc2cc2cc3ccccc3cc12)(C(C)C)C(C)C.